The first-order chi connectivity index (χ1) is 12.8. The van der Waals surface area contributed by atoms with E-state index in [1.807, 2.05) is 6.92 Å². The van der Waals surface area contributed by atoms with Crippen molar-refractivity contribution in [3.63, 3.8) is 0 Å². The molecule has 0 radical (unpaired) electrons. The lowest BCUT2D eigenvalue weighted by Crippen LogP contribution is -3.14. The van der Waals surface area contributed by atoms with Crippen molar-refractivity contribution in [3.05, 3.63) is 35.7 Å². The molecule has 1 aromatic carbocycles. The summed E-state index contributed by atoms with van der Waals surface area (Å²) in [6.07, 6.45) is 1.23. The number of benzene rings is 1. The van der Waals surface area contributed by atoms with Crippen LogP contribution in [0, 0.1) is 12.8 Å². The topological polar surface area (TPSA) is 102 Å². The number of hydrogen-bond acceptors (Lipinski definition) is 6. The SMILES string of the molecule is Cc1ccc(S(=O)(=O)Cn2nnnc2[C@@H](C(C)C)[NH+]2CCC(O)CC2)cc1. The number of aliphatic hydroxyl groups excluding tert-OH is 1. The van der Waals surface area contributed by atoms with Gasteiger partial charge in [0.25, 0.3) is 0 Å². The highest BCUT2D eigenvalue weighted by Crippen LogP contribution is 2.20. The number of likely N-dealkylation sites (tertiary alicyclic amines) is 1. The Labute approximate surface area is 160 Å². The summed E-state index contributed by atoms with van der Waals surface area (Å²) >= 11 is 0. The van der Waals surface area contributed by atoms with Crippen LogP contribution >= 0.6 is 0 Å². The maximum atomic E-state index is 12.8. The molecule has 2 N–H and O–H groups in total. The van der Waals surface area contributed by atoms with Crippen LogP contribution in [-0.2, 0) is 15.7 Å². The lowest BCUT2D eigenvalue weighted by molar-refractivity contribution is -0.941. The zero-order valence-electron chi connectivity index (χ0n) is 16.0. The Morgan fingerprint density at radius 1 is 1.22 bits per heavy atom. The highest BCUT2D eigenvalue weighted by atomic mass is 32.2. The van der Waals surface area contributed by atoms with Crippen LogP contribution in [0.4, 0.5) is 0 Å². The maximum Gasteiger partial charge on any atom is 0.210 e. The number of aryl methyl sites for hydroxylation is 1. The van der Waals surface area contributed by atoms with E-state index in [4.69, 9.17) is 0 Å². The quantitative estimate of drug-likeness (QED) is 0.723. The molecule has 0 bridgehead atoms. The van der Waals surface area contributed by atoms with Crippen LogP contribution in [0.3, 0.4) is 0 Å². The van der Waals surface area contributed by atoms with Gasteiger partial charge in [0.2, 0.25) is 5.82 Å². The Hall–Kier alpha value is -1.84. The standard InChI is InChI=1S/C18H27N5O3S/c1-13(2)17(22-10-8-15(24)9-11-22)18-19-20-21-23(18)12-27(25,26)16-6-4-14(3)5-7-16/h4-7,13,15,17,24H,8-12H2,1-3H3/p+1/t17-/m1/s1. The molecule has 2 aromatic rings. The van der Waals surface area contributed by atoms with E-state index in [-0.39, 0.29) is 28.8 Å². The van der Waals surface area contributed by atoms with Crippen molar-refractivity contribution in [1.29, 1.82) is 0 Å². The van der Waals surface area contributed by atoms with Gasteiger partial charge in [0.05, 0.1) is 24.1 Å². The molecule has 1 aromatic heterocycles. The Morgan fingerprint density at radius 2 is 1.85 bits per heavy atom. The molecule has 0 unspecified atom stereocenters. The van der Waals surface area contributed by atoms with Gasteiger partial charge >= 0.3 is 0 Å². The molecule has 2 heterocycles. The monoisotopic (exact) mass is 394 g/mol. The normalized spacial score (nSPS) is 22.1. The van der Waals surface area contributed by atoms with Crippen LogP contribution < -0.4 is 4.90 Å². The number of nitrogens with one attached hydrogen (secondary N) is 1. The third kappa shape index (κ3) is 4.53. The molecule has 1 aliphatic rings. The van der Waals surface area contributed by atoms with Gasteiger partial charge in [0.15, 0.2) is 21.8 Å². The predicted molar refractivity (Wildman–Crippen MR) is 99.7 cm³/mol. The lowest BCUT2D eigenvalue weighted by Gasteiger charge is -2.34. The number of hydrogen-bond donors (Lipinski definition) is 2. The van der Waals surface area contributed by atoms with E-state index in [1.165, 1.54) is 9.58 Å². The number of aliphatic hydroxyl groups is 1. The van der Waals surface area contributed by atoms with Crippen LogP contribution in [-0.4, -0.2) is 52.9 Å². The number of tetrazole rings is 1. The fraction of sp³-hybridized carbons (Fsp3) is 0.611. The number of piperidine rings is 1. The number of quaternary nitrogens is 1. The third-order valence-corrected chi connectivity index (χ3v) is 6.79. The zero-order chi connectivity index (χ0) is 19.6. The molecule has 27 heavy (non-hydrogen) atoms. The smallest absolute Gasteiger partial charge is 0.210 e. The first-order valence-corrected chi connectivity index (χ1v) is 11.0. The number of rotatable bonds is 6. The second-order valence-electron chi connectivity index (χ2n) is 7.70. The maximum absolute atomic E-state index is 12.8. The summed E-state index contributed by atoms with van der Waals surface area (Å²) in [4.78, 5) is 1.56. The molecule has 0 saturated carbocycles. The molecule has 0 aliphatic carbocycles. The van der Waals surface area contributed by atoms with Gasteiger partial charge in [-0.05, 0) is 29.5 Å². The highest BCUT2D eigenvalue weighted by molar-refractivity contribution is 7.90. The highest BCUT2D eigenvalue weighted by Gasteiger charge is 2.36. The summed E-state index contributed by atoms with van der Waals surface area (Å²) in [5.74, 6) is 0.548. The first-order valence-electron chi connectivity index (χ1n) is 9.36. The molecule has 1 aliphatic heterocycles. The van der Waals surface area contributed by atoms with Crippen molar-refractivity contribution in [2.45, 2.75) is 56.5 Å². The average Bonchev–Trinajstić information content (AvgIpc) is 3.04. The minimum atomic E-state index is -3.55. The third-order valence-electron chi connectivity index (χ3n) is 5.21. The van der Waals surface area contributed by atoms with E-state index in [0.29, 0.717) is 5.82 Å². The largest absolute Gasteiger partial charge is 0.393 e. The molecular formula is C18H28N5O3S+. The fourth-order valence-electron chi connectivity index (χ4n) is 3.74. The summed E-state index contributed by atoms with van der Waals surface area (Å²) < 4.78 is 27.1. The summed E-state index contributed by atoms with van der Waals surface area (Å²) in [7, 11) is -3.55. The number of nitrogens with zero attached hydrogens (tertiary/aromatic N) is 4. The molecule has 9 heteroatoms. The molecule has 148 valence electrons. The fourth-order valence-corrected chi connectivity index (χ4v) is 4.95. The van der Waals surface area contributed by atoms with E-state index in [9.17, 15) is 13.5 Å². The van der Waals surface area contributed by atoms with Crippen LogP contribution in [0.5, 0.6) is 0 Å². The van der Waals surface area contributed by atoms with Crippen LogP contribution in [0.25, 0.3) is 0 Å². The molecule has 0 spiro atoms. The molecule has 1 fully saturated rings. The van der Waals surface area contributed by atoms with E-state index < -0.39 is 9.84 Å². The van der Waals surface area contributed by atoms with Gasteiger partial charge in [-0.25, -0.2) is 13.1 Å². The first kappa shape index (κ1) is 19.9. The number of sulfone groups is 1. The van der Waals surface area contributed by atoms with Crippen molar-refractivity contribution < 1.29 is 18.4 Å². The Kier molecular flexibility index (Phi) is 5.92. The van der Waals surface area contributed by atoms with Crippen molar-refractivity contribution in [3.8, 4) is 0 Å². The van der Waals surface area contributed by atoms with Crippen molar-refractivity contribution in [2.24, 2.45) is 5.92 Å². The molecule has 1 saturated heterocycles. The summed E-state index contributed by atoms with van der Waals surface area (Å²) in [5, 5.41) is 21.7. The summed E-state index contributed by atoms with van der Waals surface area (Å²) in [6, 6.07) is 6.79. The number of aromatic nitrogens is 4. The minimum absolute atomic E-state index is 0.0132. The van der Waals surface area contributed by atoms with Gasteiger partial charge in [0.1, 0.15) is 0 Å². The van der Waals surface area contributed by atoms with Crippen molar-refractivity contribution >= 4 is 9.84 Å². The van der Waals surface area contributed by atoms with Gasteiger partial charge in [0, 0.05) is 18.8 Å². The Balaban J connectivity index is 1.86. The molecule has 1 atom stereocenters. The zero-order valence-corrected chi connectivity index (χ0v) is 16.9. The molecule has 3 rings (SSSR count). The summed E-state index contributed by atoms with van der Waals surface area (Å²) in [6.45, 7) is 7.75. The van der Waals surface area contributed by atoms with E-state index in [0.717, 1.165) is 31.5 Å². The van der Waals surface area contributed by atoms with E-state index in [1.54, 1.807) is 24.3 Å². The van der Waals surface area contributed by atoms with E-state index in [2.05, 4.69) is 29.4 Å². The minimum Gasteiger partial charge on any atom is -0.393 e. The van der Waals surface area contributed by atoms with Gasteiger partial charge in [-0.3, -0.25) is 0 Å². The van der Waals surface area contributed by atoms with Crippen molar-refractivity contribution in [1.82, 2.24) is 20.2 Å². The van der Waals surface area contributed by atoms with Crippen LogP contribution in [0.2, 0.25) is 0 Å². The average molecular weight is 395 g/mol. The van der Waals surface area contributed by atoms with E-state index >= 15 is 0 Å². The Bertz CT molecular complexity index is 855. The van der Waals surface area contributed by atoms with Gasteiger partial charge in [-0.15, -0.1) is 5.10 Å². The molecular weight excluding hydrogens is 366 g/mol. The summed E-state index contributed by atoms with van der Waals surface area (Å²) in [5.41, 5.74) is 1.01. The Morgan fingerprint density at radius 3 is 2.44 bits per heavy atom. The van der Waals surface area contributed by atoms with Crippen molar-refractivity contribution in [2.75, 3.05) is 13.1 Å². The second-order valence-corrected chi connectivity index (χ2v) is 9.66. The lowest BCUT2D eigenvalue weighted by atomic mass is 9.98. The molecule has 0 amide bonds. The predicted octanol–water partition coefficient (Wildman–Crippen LogP) is 0.150. The second kappa shape index (κ2) is 8.04. The van der Waals surface area contributed by atoms with Gasteiger partial charge in [-0.1, -0.05) is 31.5 Å². The molecule has 8 nitrogen and oxygen atoms in total. The van der Waals surface area contributed by atoms with Gasteiger partial charge < -0.3 is 10.0 Å². The van der Waals surface area contributed by atoms with Crippen LogP contribution in [0.1, 0.15) is 44.1 Å². The van der Waals surface area contributed by atoms with Crippen LogP contribution in [0.15, 0.2) is 29.2 Å². The van der Waals surface area contributed by atoms with Gasteiger partial charge in [-0.2, -0.15) is 0 Å².